The zero-order valence-corrected chi connectivity index (χ0v) is 6.34. The normalized spacial score (nSPS) is 12.2. The van der Waals surface area contributed by atoms with Crippen LogP contribution in [0.1, 0.15) is 10.6 Å². The number of rotatable bonds is 2. The van der Waals surface area contributed by atoms with Crippen LogP contribution in [0, 0.1) is 0 Å². The molecule has 0 atom stereocenters. The van der Waals surface area contributed by atoms with E-state index < -0.39 is 12.0 Å². The minimum atomic E-state index is -4.47. The quantitative estimate of drug-likeness (QED) is 0.530. The lowest BCUT2D eigenvalue weighted by atomic mass is 10.3. The molecule has 1 aromatic heterocycles. The topological polar surface area (TPSA) is 30.2 Å². The Morgan fingerprint density at radius 3 is 2.62 bits per heavy atom. The molecule has 0 unspecified atom stereocenters. The van der Waals surface area contributed by atoms with E-state index in [2.05, 4.69) is 4.42 Å². The van der Waals surface area contributed by atoms with Crippen LogP contribution in [-0.2, 0) is 0 Å². The SMILES string of the molecule is O=C(/C=C/C(F)(F)F)c1ccco1. The van der Waals surface area contributed by atoms with E-state index in [1.54, 1.807) is 0 Å². The monoisotopic (exact) mass is 190 g/mol. The van der Waals surface area contributed by atoms with E-state index >= 15 is 0 Å². The van der Waals surface area contributed by atoms with Gasteiger partial charge in [-0.05, 0) is 18.2 Å². The van der Waals surface area contributed by atoms with Crippen LogP contribution in [0.4, 0.5) is 13.2 Å². The molecule has 0 fully saturated rings. The molecular weight excluding hydrogens is 185 g/mol. The number of carbonyl (C=O) groups excluding carboxylic acids is 1. The minimum absolute atomic E-state index is 0.111. The Balaban J connectivity index is 2.67. The van der Waals surface area contributed by atoms with Gasteiger partial charge in [-0.3, -0.25) is 4.79 Å². The van der Waals surface area contributed by atoms with Crippen LogP contribution in [0.15, 0.2) is 35.0 Å². The van der Waals surface area contributed by atoms with Gasteiger partial charge in [-0.2, -0.15) is 13.2 Å². The van der Waals surface area contributed by atoms with Gasteiger partial charge in [0.2, 0.25) is 5.78 Å². The number of allylic oxidation sites excluding steroid dienone is 2. The van der Waals surface area contributed by atoms with Crippen molar-refractivity contribution in [3.8, 4) is 0 Å². The molecule has 0 saturated carbocycles. The van der Waals surface area contributed by atoms with Gasteiger partial charge >= 0.3 is 6.18 Å². The fourth-order valence-corrected chi connectivity index (χ4v) is 0.671. The summed E-state index contributed by atoms with van der Waals surface area (Å²) in [6, 6.07) is 2.72. The third kappa shape index (κ3) is 3.14. The molecule has 13 heavy (non-hydrogen) atoms. The average molecular weight is 190 g/mol. The smallest absolute Gasteiger partial charge is 0.409 e. The number of hydrogen-bond donors (Lipinski definition) is 0. The number of furan rings is 1. The molecule has 1 heterocycles. The number of halogens is 3. The highest BCUT2D eigenvalue weighted by Gasteiger charge is 2.22. The molecule has 0 bridgehead atoms. The van der Waals surface area contributed by atoms with Crippen molar-refractivity contribution in [2.24, 2.45) is 0 Å². The number of hydrogen-bond acceptors (Lipinski definition) is 2. The van der Waals surface area contributed by atoms with E-state index in [1.165, 1.54) is 18.4 Å². The Bertz CT molecular complexity index is 309. The second kappa shape index (κ2) is 3.47. The Kier molecular flexibility index (Phi) is 2.55. The third-order valence-electron chi connectivity index (χ3n) is 1.19. The van der Waals surface area contributed by atoms with E-state index in [0.717, 1.165) is 0 Å². The van der Waals surface area contributed by atoms with Crippen molar-refractivity contribution in [2.45, 2.75) is 6.18 Å². The zero-order valence-electron chi connectivity index (χ0n) is 6.34. The van der Waals surface area contributed by atoms with Crippen LogP contribution >= 0.6 is 0 Å². The van der Waals surface area contributed by atoms with Crippen molar-refractivity contribution in [1.29, 1.82) is 0 Å². The molecule has 0 radical (unpaired) electrons. The van der Waals surface area contributed by atoms with Gasteiger partial charge in [-0.15, -0.1) is 0 Å². The van der Waals surface area contributed by atoms with Gasteiger partial charge in [0.15, 0.2) is 5.76 Å². The maximum Gasteiger partial charge on any atom is 0.409 e. The van der Waals surface area contributed by atoms with E-state index in [0.29, 0.717) is 6.08 Å². The fraction of sp³-hybridized carbons (Fsp3) is 0.125. The summed E-state index contributed by atoms with van der Waals surface area (Å²) in [6.45, 7) is 0. The molecule has 0 aliphatic carbocycles. The molecule has 1 aromatic rings. The van der Waals surface area contributed by atoms with Crippen LogP contribution < -0.4 is 0 Å². The highest BCUT2D eigenvalue weighted by molar-refractivity contribution is 6.02. The summed E-state index contributed by atoms with van der Waals surface area (Å²) < 4.78 is 39.4. The molecule has 2 nitrogen and oxygen atoms in total. The number of ketones is 1. The third-order valence-corrected chi connectivity index (χ3v) is 1.19. The minimum Gasteiger partial charge on any atom is -0.461 e. The maximum absolute atomic E-state index is 11.6. The summed E-state index contributed by atoms with van der Waals surface area (Å²) in [5.74, 6) is -0.914. The summed E-state index contributed by atoms with van der Waals surface area (Å²) in [5, 5.41) is 0. The van der Waals surface area contributed by atoms with Crippen LogP contribution in [-0.4, -0.2) is 12.0 Å². The van der Waals surface area contributed by atoms with E-state index in [4.69, 9.17) is 0 Å². The first-order chi connectivity index (χ1) is 5.99. The van der Waals surface area contributed by atoms with Crippen molar-refractivity contribution >= 4 is 5.78 Å². The average Bonchev–Trinajstić information content (AvgIpc) is 2.50. The summed E-state index contributed by atoms with van der Waals surface area (Å²) in [6.07, 6.45) is -2.95. The fourth-order valence-electron chi connectivity index (χ4n) is 0.671. The Labute approximate surface area is 71.7 Å². The molecule has 0 aliphatic heterocycles. The first-order valence-electron chi connectivity index (χ1n) is 3.33. The van der Waals surface area contributed by atoms with Crippen molar-refractivity contribution in [2.75, 3.05) is 0 Å². The van der Waals surface area contributed by atoms with Gasteiger partial charge in [-0.25, -0.2) is 0 Å². The van der Waals surface area contributed by atoms with Crippen molar-refractivity contribution in [3.63, 3.8) is 0 Å². The maximum atomic E-state index is 11.6. The summed E-state index contributed by atoms with van der Waals surface area (Å²) in [4.78, 5) is 10.9. The van der Waals surface area contributed by atoms with Crippen molar-refractivity contribution in [3.05, 3.63) is 36.3 Å². The standard InChI is InChI=1S/C8H5F3O2/c9-8(10,11)4-3-6(12)7-2-1-5-13-7/h1-5H/b4-3+. The van der Waals surface area contributed by atoms with Gasteiger partial charge in [-0.1, -0.05) is 0 Å². The molecule has 0 spiro atoms. The lowest BCUT2D eigenvalue weighted by molar-refractivity contribution is -0.0799. The first kappa shape index (κ1) is 9.57. The summed E-state index contributed by atoms with van der Waals surface area (Å²) in [7, 11) is 0. The van der Waals surface area contributed by atoms with E-state index in [9.17, 15) is 18.0 Å². The molecule has 0 amide bonds. The molecule has 5 heteroatoms. The molecule has 0 N–H and O–H groups in total. The van der Waals surface area contributed by atoms with E-state index in [-0.39, 0.29) is 11.8 Å². The predicted molar refractivity (Wildman–Crippen MR) is 38.2 cm³/mol. The Morgan fingerprint density at radius 1 is 1.46 bits per heavy atom. The highest BCUT2D eigenvalue weighted by Crippen LogP contribution is 2.16. The first-order valence-corrected chi connectivity index (χ1v) is 3.33. The van der Waals surface area contributed by atoms with Gasteiger partial charge in [0.25, 0.3) is 0 Å². The lowest BCUT2D eigenvalue weighted by Crippen LogP contribution is -2.03. The molecule has 0 aromatic carbocycles. The Morgan fingerprint density at radius 2 is 2.15 bits per heavy atom. The second-order valence-corrected chi connectivity index (χ2v) is 2.22. The largest absolute Gasteiger partial charge is 0.461 e. The molecule has 70 valence electrons. The Hall–Kier alpha value is -1.52. The van der Waals surface area contributed by atoms with Crippen molar-refractivity contribution < 1.29 is 22.4 Å². The lowest BCUT2D eigenvalue weighted by Gasteiger charge is -1.95. The van der Waals surface area contributed by atoms with E-state index in [1.807, 2.05) is 0 Å². The van der Waals surface area contributed by atoms with Crippen LogP contribution in [0.5, 0.6) is 0 Å². The van der Waals surface area contributed by atoms with Crippen LogP contribution in [0.25, 0.3) is 0 Å². The second-order valence-electron chi connectivity index (χ2n) is 2.22. The number of carbonyl (C=O) groups is 1. The van der Waals surface area contributed by atoms with Gasteiger partial charge in [0.05, 0.1) is 6.26 Å². The van der Waals surface area contributed by atoms with Crippen LogP contribution in [0.3, 0.4) is 0 Å². The van der Waals surface area contributed by atoms with Crippen LogP contribution in [0.2, 0.25) is 0 Å². The van der Waals surface area contributed by atoms with Gasteiger partial charge in [0, 0.05) is 6.08 Å². The predicted octanol–water partition coefficient (Wildman–Crippen LogP) is 2.58. The molecule has 0 aliphatic rings. The zero-order chi connectivity index (χ0) is 9.90. The van der Waals surface area contributed by atoms with Gasteiger partial charge < -0.3 is 4.42 Å². The van der Waals surface area contributed by atoms with Gasteiger partial charge in [0.1, 0.15) is 0 Å². The summed E-state index contributed by atoms with van der Waals surface area (Å²) in [5.41, 5.74) is 0. The van der Waals surface area contributed by atoms with Crippen molar-refractivity contribution in [1.82, 2.24) is 0 Å². The molecule has 1 rings (SSSR count). The summed E-state index contributed by atoms with van der Waals surface area (Å²) >= 11 is 0. The molecule has 0 saturated heterocycles. The number of alkyl halides is 3. The highest BCUT2D eigenvalue weighted by atomic mass is 19.4. The molecular formula is C8H5F3O2.